The van der Waals surface area contributed by atoms with Gasteiger partial charge in [0.1, 0.15) is 11.8 Å². The van der Waals surface area contributed by atoms with Gasteiger partial charge in [-0.3, -0.25) is 4.79 Å². The Morgan fingerprint density at radius 3 is 2.50 bits per heavy atom. The van der Waals surface area contributed by atoms with E-state index in [0.717, 1.165) is 18.0 Å². The largest absolute Gasteiger partial charge is 0.457 e. The fraction of sp³-hybridized carbons (Fsp3) is 0.700. The van der Waals surface area contributed by atoms with Crippen LogP contribution in [0.3, 0.4) is 0 Å². The Morgan fingerprint density at radius 2 is 2.00 bits per heavy atom. The molecule has 0 saturated heterocycles. The van der Waals surface area contributed by atoms with Crippen molar-refractivity contribution in [1.29, 1.82) is 0 Å². The number of oxime groups is 1. The summed E-state index contributed by atoms with van der Waals surface area (Å²) >= 11 is 1.12. The molecule has 0 radical (unpaired) electrons. The normalized spacial score (nSPS) is 11.5. The first-order chi connectivity index (χ1) is 7.35. The molecule has 0 aliphatic carbocycles. The summed E-state index contributed by atoms with van der Waals surface area (Å²) in [6.07, 6.45) is 1.04. The highest BCUT2D eigenvalue weighted by molar-refractivity contribution is 8.15. The van der Waals surface area contributed by atoms with Gasteiger partial charge in [-0.05, 0) is 26.5 Å². The Kier molecular flexibility index (Phi) is 6.80. The first kappa shape index (κ1) is 15.0. The average molecular weight is 247 g/mol. The molecule has 0 saturated carbocycles. The van der Waals surface area contributed by atoms with Crippen LogP contribution in [0.5, 0.6) is 0 Å². The van der Waals surface area contributed by atoms with Crippen LogP contribution in [0, 0.1) is 0 Å². The van der Waals surface area contributed by atoms with E-state index in [0.29, 0.717) is 5.75 Å². The molecule has 0 aromatic carbocycles. The van der Waals surface area contributed by atoms with E-state index in [9.17, 15) is 9.59 Å². The van der Waals surface area contributed by atoms with Crippen LogP contribution in [-0.2, 0) is 19.2 Å². The van der Waals surface area contributed by atoms with Crippen molar-refractivity contribution in [3.8, 4) is 0 Å². The van der Waals surface area contributed by atoms with E-state index in [2.05, 4.69) is 9.99 Å². The molecule has 0 aliphatic rings. The lowest BCUT2D eigenvalue weighted by Gasteiger charge is -2.18. The Bertz CT molecular complexity index is 270. The van der Waals surface area contributed by atoms with Crippen molar-refractivity contribution in [3.63, 3.8) is 0 Å². The second kappa shape index (κ2) is 7.27. The fourth-order valence-corrected chi connectivity index (χ4v) is 1.12. The zero-order chi connectivity index (χ0) is 12.6. The Labute approximate surface area is 99.5 Å². The highest BCUT2D eigenvalue weighted by Crippen LogP contribution is 2.06. The molecule has 5 nitrogen and oxygen atoms in total. The SMILES string of the molecule is CCSC(=O)C=NOCC(=O)OC(C)(C)C. The lowest BCUT2D eigenvalue weighted by molar-refractivity contribution is -0.160. The zero-order valence-electron chi connectivity index (χ0n) is 9.98. The van der Waals surface area contributed by atoms with Gasteiger partial charge in [-0.1, -0.05) is 23.8 Å². The molecule has 0 rings (SSSR count). The molecule has 92 valence electrons. The molecule has 0 heterocycles. The van der Waals surface area contributed by atoms with Crippen molar-refractivity contribution in [2.45, 2.75) is 33.3 Å². The summed E-state index contributed by atoms with van der Waals surface area (Å²) in [5.41, 5.74) is -0.544. The number of hydrogen-bond donors (Lipinski definition) is 0. The molecular formula is C10H17NO4S. The van der Waals surface area contributed by atoms with Gasteiger partial charge in [0.25, 0.3) is 0 Å². The molecule has 0 spiro atoms. The van der Waals surface area contributed by atoms with Gasteiger partial charge in [-0.15, -0.1) is 0 Å². The highest BCUT2D eigenvalue weighted by atomic mass is 32.2. The van der Waals surface area contributed by atoms with Gasteiger partial charge in [0, 0.05) is 0 Å². The Hall–Kier alpha value is -1.04. The number of carbonyl (C=O) groups excluding carboxylic acids is 2. The summed E-state index contributed by atoms with van der Waals surface area (Å²) < 4.78 is 4.96. The minimum Gasteiger partial charge on any atom is -0.457 e. The van der Waals surface area contributed by atoms with Crippen molar-refractivity contribution in [2.75, 3.05) is 12.4 Å². The summed E-state index contributed by atoms with van der Waals surface area (Å²) in [6, 6.07) is 0. The number of rotatable bonds is 5. The van der Waals surface area contributed by atoms with Crippen LogP contribution in [0.4, 0.5) is 0 Å². The maximum atomic E-state index is 11.1. The summed E-state index contributed by atoms with van der Waals surface area (Å²) in [4.78, 5) is 26.7. The molecule has 0 aromatic heterocycles. The molecule has 0 bridgehead atoms. The molecule has 0 unspecified atom stereocenters. The van der Waals surface area contributed by atoms with Crippen LogP contribution < -0.4 is 0 Å². The van der Waals surface area contributed by atoms with E-state index in [4.69, 9.17) is 4.74 Å². The average Bonchev–Trinajstić information content (AvgIpc) is 2.10. The molecular weight excluding hydrogens is 230 g/mol. The third-order valence-corrected chi connectivity index (χ3v) is 1.80. The monoisotopic (exact) mass is 247 g/mol. The number of hydrogen-bond acceptors (Lipinski definition) is 6. The molecule has 0 atom stereocenters. The fourth-order valence-electron chi connectivity index (χ4n) is 0.721. The van der Waals surface area contributed by atoms with Crippen molar-refractivity contribution in [3.05, 3.63) is 0 Å². The lowest BCUT2D eigenvalue weighted by atomic mass is 10.2. The predicted octanol–water partition coefficient (Wildman–Crippen LogP) is 1.61. The van der Waals surface area contributed by atoms with Crippen LogP contribution in [0.1, 0.15) is 27.7 Å². The van der Waals surface area contributed by atoms with Crippen molar-refractivity contribution < 1.29 is 19.2 Å². The van der Waals surface area contributed by atoms with E-state index in [1.807, 2.05) is 6.92 Å². The molecule has 0 fully saturated rings. The summed E-state index contributed by atoms with van der Waals surface area (Å²) in [7, 11) is 0. The lowest BCUT2D eigenvalue weighted by Crippen LogP contribution is -2.26. The summed E-state index contributed by atoms with van der Waals surface area (Å²) in [5.74, 6) is 0.164. The van der Waals surface area contributed by atoms with Gasteiger partial charge in [0.15, 0.2) is 0 Å². The molecule has 0 aliphatic heterocycles. The van der Waals surface area contributed by atoms with E-state index in [-0.39, 0.29) is 11.7 Å². The maximum absolute atomic E-state index is 11.1. The van der Waals surface area contributed by atoms with E-state index in [1.165, 1.54) is 0 Å². The van der Waals surface area contributed by atoms with Crippen molar-refractivity contribution in [2.24, 2.45) is 5.16 Å². The first-order valence-electron chi connectivity index (χ1n) is 4.89. The van der Waals surface area contributed by atoms with Gasteiger partial charge in [0.05, 0.1) is 0 Å². The second-order valence-electron chi connectivity index (χ2n) is 3.85. The van der Waals surface area contributed by atoms with Crippen molar-refractivity contribution >= 4 is 29.1 Å². The second-order valence-corrected chi connectivity index (χ2v) is 5.11. The van der Waals surface area contributed by atoms with Gasteiger partial charge in [-0.25, -0.2) is 4.79 Å². The molecule has 16 heavy (non-hydrogen) atoms. The quantitative estimate of drug-likeness (QED) is 0.419. The van der Waals surface area contributed by atoms with Crippen LogP contribution in [-0.4, -0.2) is 35.3 Å². The third-order valence-electron chi connectivity index (χ3n) is 1.12. The minimum absolute atomic E-state index is 0.202. The smallest absolute Gasteiger partial charge is 0.347 e. The topological polar surface area (TPSA) is 65.0 Å². The maximum Gasteiger partial charge on any atom is 0.347 e. The minimum atomic E-state index is -0.544. The van der Waals surface area contributed by atoms with Crippen LogP contribution in [0.25, 0.3) is 0 Å². The zero-order valence-corrected chi connectivity index (χ0v) is 10.8. The number of ether oxygens (including phenoxy) is 1. The number of thioether (sulfide) groups is 1. The Morgan fingerprint density at radius 1 is 1.38 bits per heavy atom. The van der Waals surface area contributed by atoms with Gasteiger partial charge in [-0.2, -0.15) is 0 Å². The van der Waals surface area contributed by atoms with Crippen molar-refractivity contribution in [1.82, 2.24) is 0 Å². The first-order valence-corrected chi connectivity index (χ1v) is 5.87. The number of nitrogens with zero attached hydrogens (tertiary/aromatic N) is 1. The van der Waals surface area contributed by atoms with Crippen LogP contribution >= 0.6 is 11.8 Å². The predicted molar refractivity (Wildman–Crippen MR) is 63.4 cm³/mol. The molecule has 0 aromatic rings. The molecule has 6 heteroatoms. The summed E-state index contributed by atoms with van der Waals surface area (Å²) in [6.45, 7) is 6.84. The highest BCUT2D eigenvalue weighted by Gasteiger charge is 2.16. The Balaban J connectivity index is 3.74. The number of carbonyl (C=O) groups is 2. The van der Waals surface area contributed by atoms with E-state index in [1.54, 1.807) is 20.8 Å². The molecule has 0 N–H and O–H groups in total. The van der Waals surface area contributed by atoms with Gasteiger partial charge >= 0.3 is 5.97 Å². The number of esters is 1. The van der Waals surface area contributed by atoms with Crippen LogP contribution in [0.15, 0.2) is 5.16 Å². The molecule has 0 amide bonds. The summed E-state index contributed by atoms with van der Waals surface area (Å²) in [5, 5.41) is 3.16. The third kappa shape index (κ3) is 9.51. The van der Waals surface area contributed by atoms with Gasteiger partial charge < -0.3 is 9.57 Å². The van der Waals surface area contributed by atoms with Crippen LogP contribution in [0.2, 0.25) is 0 Å². The van der Waals surface area contributed by atoms with Gasteiger partial charge in [0.2, 0.25) is 11.7 Å². The standard InChI is InChI=1S/C10H17NO4S/c1-5-16-9(13)6-11-14-7-8(12)15-10(2,3)4/h6H,5,7H2,1-4H3. The van der Waals surface area contributed by atoms with E-state index >= 15 is 0 Å². The van der Waals surface area contributed by atoms with E-state index < -0.39 is 11.6 Å².